The van der Waals surface area contributed by atoms with Crippen molar-refractivity contribution in [1.29, 1.82) is 0 Å². The molecule has 7 nitrogen and oxygen atoms in total. The summed E-state index contributed by atoms with van der Waals surface area (Å²) in [4.78, 5) is 29.2. The van der Waals surface area contributed by atoms with Gasteiger partial charge < -0.3 is 10.2 Å². The van der Waals surface area contributed by atoms with Crippen LogP contribution in [-0.4, -0.2) is 50.5 Å². The molecule has 0 aliphatic rings. The van der Waals surface area contributed by atoms with E-state index in [-0.39, 0.29) is 18.9 Å². The zero-order valence-electron chi connectivity index (χ0n) is 22.9. The van der Waals surface area contributed by atoms with Crippen molar-refractivity contribution < 1.29 is 18.0 Å². The number of benzene rings is 3. The van der Waals surface area contributed by atoms with E-state index in [0.717, 1.165) is 39.0 Å². The number of hydrogen-bond donors (Lipinski definition) is 1. The van der Waals surface area contributed by atoms with Crippen LogP contribution in [0.3, 0.4) is 0 Å². The fourth-order valence-corrected chi connectivity index (χ4v) is 5.74. The molecule has 0 bridgehead atoms. The van der Waals surface area contributed by atoms with Crippen molar-refractivity contribution in [3.05, 3.63) is 99.0 Å². The maximum Gasteiger partial charge on any atom is 0.244 e. The minimum Gasteiger partial charge on any atom is -0.354 e. The standard InChI is InChI=1S/C30H35BrClN3O4S/c1-4-5-17-33-30(37)28(19-23-9-7-6-8-10-23)34(20-24-11-13-25(31)14-12-24)29(36)21-35(40(3,38)39)27-16-15-26(32)18-22(27)2/h6-16,18,28H,4-5,17,19-21H2,1-3H3,(H,33,37). The van der Waals surface area contributed by atoms with Crippen LogP contribution >= 0.6 is 27.5 Å². The van der Waals surface area contributed by atoms with E-state index in [9.17, 15) is 18.0 Å². The minimum absolute atomic E-state index is 0.127. The van der Waals surface area contributed by atoms with Crippen LogP contribution in [0, 0.1) is 6.92 Å². The van der Waals surface area contributed by atoms with Crippen molar-refractivity contribution in [2.24, 2.45) is 0 Å². The maximum atomic E-state index is 14.1. The first kappa shape index (κ1) is 31.6. The second-order valence-electron chi connectivity index (χ2n) is 9.70. The normalized spacial score (nSPS) is 12.0. The summed E-state index contributed by atoms with van der Waals surface area (Å²) >= 11 is 9.55. The van der Waals surface area contributed by atoms with Crippen LogP contribution < -0.4 is 9.62 Å². The molecule has 0 spiro atoms. The number of nitrogens with zero attached hydrogens (tertiary/aromatic N) is 2. The molecule has 40 heavy (non-hydrogen) atoms. The number of carbonyl (C=O) groups is 2. The molecule has 1 N–H and O–H groups in total. The number of anilines is 1. The molecule has 3 aromatic rings. The Kier molecular flexibility index (Phi) is 11.6. The van der Waals surface area contributed by atoms with Crippen LogP contribution in [-0.2, 0) is 32.6 Å². The van der Waals surface area contributed by atoms with Gasteiger partial charge in [0, 0.05) is 29.0 Å². The van der Waals surface area contributed by atoms with Gasteiger partial charge in [-0.25, -0.2) is 8.42 Å². The maximum absolute atomic E-state index is 14.1. The third-order valence-corrected chi connectivity index (χ3v) is 8.36. The van der Waals surface area contributed by atoms with Gasteiger partial charge in [0.1, 0.15) is 12.6 Å². The summed E-state index contributed by atoms with van der Waals surface area (Å²) in [6, 6.07) is 20.9. The Bertz CT molecular complexity index is 1400. The summed E-state index contributed by atoms with van der Waals surface area (Å²) in [5.74, 6) is -0.773. The highest BCUT2D eigenvalue weighted by molar-refractivity contribution is 9.10. The van der Waals surface area contributed by atoms with E-state index in [2.05, 4.69) is 21.2 Å². The topological polar surface area (TPSA) is 86.8 Å². The van der Waals surface area contributed by atoms with Crippen LogP contribution in [0.2, 0.25) is 5.02 Å². The van der Waals surface area contributed by atoms with E-state index in [4.69, 9.17) is 11.6 Å². The summed E-state index contributed by atoms with van der Waals surface area (Å²) in [6.07, 6.45) is 3.06. The van der Waals surface area contributed by atoms with Gasteiger partial charge >= 0.3 is 0 Å². The zero-order chi connectivity index (χ0) is 29.3. The van der Waals surface area contributed by atoms with Gasteiger partial charge in [-0.15, -0.1) is 0 Å². The zero-order valence-corrected chi connectivity index (χ0v) is 26.1. The Morgan fingerprint density at radius 3 is 2.27 bits per heavy atom. The molecule has 0 saturated carbocycles. The summed E-state index contributed by atoms with van der Waals surface area (Å²) in [6.45, 7) is 3.92. The summed E-state index contributed by atoms with van der Waals surface area (Å²) in [5, 5.41) is 3.44. The highest BCUT2D eigenvalue weighted by Crippen LogP contribution is 2.26. The van der Waals surface area contributed by atoms with E-state index in [1.165, 1.54) is 4.90 Å². The highest BCUT2D eigenvalue weighted by atomic mass is 79.9. The molecular formula is C30H35BrClN3O4S. The van der Waals surface area contributed by atoms with E-state index in [1.54, 1.807) is 25.1 Å². The highest BCUT2D eigenvalue weighted by Gasteiger charge is 2.33. The Morgan fingerprint density at radius 2 is 1.68 bits per heavy atom. The van der Waals surface area contributed by atoms with Crippen molar-refractivity contribution in [2.45, 2.75) is 45.7 Å². The summed E-state index contributed by atoms with van der Waals surface area (Å²) in [7, 11) is -3.85. The molecule has 10 heteroatoms. The van der Waals surface area contributed by atoms with Crippen LogP contribution in [0.5, 0.6) is 0 Å². The van der Waals surface area contributed by atoms with Gasteiger partial charge in [-0.1, -0.05) is 83.3 Å². The number of halogens is 2. The lowest BCUT2D eigenvalue weighted by Crippen LogP contribution is -2.53. The molecule has 0 fully saturated rings. The van der Waals surface area contributed by atoms with Crippen LogP contribution in [0.1, 0.15) is 36.5 Å². The molecule has 1 atom stereocenters. The second kappa shape index (κ2) is 14.7. The number of sulfonamides is 1. The first-order valence-corrected chi connectivity index (χ1v) is 16.1. The average molecular weight is 649 g/mol. The predicted molar refractivity (Wildman–Crippen MR) is 165 cm³/mol. The van der Waals surface area contributed by atoms with Crippen molar-refractivity contribution in [3.63, 3.8) is 0 Å². The lowest BCUT2D eigenvalue weighted by Gasteiger charge is -2.34. The monoisotopic (exact) mass is 647 g/mol. The summed E-state index contributed by atoms with van der Waals surface area (Å²) < 4.78 is 27.8. The van der Waals surface area contributed by atoms with Gasteiger partial charge in [-0.2, -0.15) is 0 Å². The number of rotatable bonds is 13. The average Bonchev–Trinajstić information content (AvgIpc) is 2.90. The number of nitrogens with one attached hydrogen (secondary N) is 1. The number of hydrogen-bond acceptors (Lipinski definition) is 4. The van der Waals surface area contributed by atoms with Crippen LogP contribution in [0.4, 0.5) is 5.69 Å². The van der Waals surface area contributed by atoms with Crippen molar-refractivity contribution >= 4 is 55.1 Å². The van der Waals surface area contributed by atoms with Gasteiger partial charge in [-0.05, 0) is 60.4 Å². The van der Waals surface area contributed by atoms with Gasteiger partial charge in [0.05, 0.1) is 11.9 Å². The SMILES string of the molecule is CCCCNC(=O)C(Cc1ccccc1)N(Cc1ccc(Br)cc1)C(=O)CN(c1ccc(Cl)cc1C)S(C)(=O)=O. The molecule has 0 heterocycles. The predicted octanol–water partition coefficient (Wildman–Crippen LogP) is 5.73. The first-order valence-electron chi connectivity index (χ1n) is 13.1. The largest absolute Gasteiger partial charge is 0.354 e. The van der Waals surface area contributed by atoms with Gasteiger partial charge in [0.15, 0.2) is 0 Å². The summed E-state index contributed by atoms with van der Waals surface area (Å²) in [5.41, 5.74) is 2.67. The van der Waals surface area contributed by atoms with Crippen molar-refractivity contribution in [3.8, 4) is 0 Å². The fraction of sp³-hybridized carbons (Fsp3) is 0.333. The van der Waals surface area contributed by atoms with E-state index in [0.29, 0.717) is 22.8 Å². The smallest absolute Gasteiger partial charge is 0.244 e. The molecule has 0 radical (unpaired) electrons. The number of unbranched alkanes of at least 4 members (excludes halogenated alkanes) is 1. The molecule has 0 saturated heterocycles. The lowest BCUT2D eigenvalue weighted by atomic mass is 10.0. The number of aryl methyl sites for hydroxylation is 1. The molecule has 3 rings (SSSR count). The molecular weight excluding hydrogens is 614 g/mol. The van der Waals surface area contributed by atoms with Crippen molar-refractivity contribution in [1.82, 2.24) is 10.2 Å². The lowest BCUT2D eigenvalue weighted by molar-refractivity contribution is -0.140. The Labute approximate surface area is 250 Å². The Hall–Kier alpha value is -2.88. The number of amides is 2. The van der Waals surface area contributed by atoms with Crippen LogP contribution in [0.15, 0.2) is 77.3 Å². The molecule has 0 aromatic heterocycles. The van der Waals surface area contributed by atoms with E-state index >= 15 is 0 Å². The molecule has 0 aliphatic carbocycles. The third-order valence-electron chi connectivity index (χ3n) is 6.47. The number of carbonyl (C=O) groups excluding carboxylic acids is 2. The molecule has 2 amide bonds. The second-order valence-corrected chi connectivity index (χ2v) is 13.0. The van der Waals surface area contributed by atoms with E-state index < -0.39 is 28.5 Å². The third kappa shape index (κ3) is 9.08. The van der Waals surface area contributed by atoms with Crippen LogP contribution in [0.25, 0.3) is 0 Å². The van der Waals surface area contributed by atoms with Gasteiger partial charge in [-0.3, -0.25) is 13.9 Å². The first-order chi connectivity index (χ1) is 19.0. The molecule has 1 unspecified atom stereocenters. The molecule has 214 valence electrons. The van der Waals surface area contributed by atoms with Gasteiger partial charge in [0.25, 0.3) is 0 Å². The Morgan fingerprint density at radius 1 is 1.00 bits per heavy atom. The molecule has 3 aromatic carbocycles. The minimum atomic E-state index is -3.85. The fourth-order valence-electron chi connectivity index (χ4n) is 4.34. The van der Waals surface area contributed by atoms with E-state index in [1.807, 2.05) is 61.5 Å². The molecule has 0 aliphatic heterocycles. The van der Waals surface area contributed by atoms with Crippen molar-refractivity contribution in [2.75, 3.05) is 23.7 Å². The van der Waals surface area contributed by atoms with Gasteiger partial charge in [0.2, 0.25) is 21.8 Å². The Balaban J connectivity index is 2.04. The quantitative estimate of drug-likeness (QED) is 0.240.